The van der Waals surface area contributed by atoms with Crippen LogP contribution in [0.5, 0.6) is 0 Å². The van der Waals surface area contributed by atoms with E-state index in [-0.39, 0.29) is 6.29 Å². The van der Waals surface area contributed by atoms with Crippen LogP contribution in [0.4, 0.5) is 0 Å². The highest BCUT2D eigenvalue weighted by Gasteiger charge is 2.04. The van der Waals surface area contributed by atoms with Crippen molar-refractivity contribution in [1.29, 1.82) is 0 Å². The van der Waals surface area contributed by atoms with E-state index in [1.165, 1.54) is 0 Å². The monoisotopic (exact) mass is 172 g/mol. The van der Waals surface area contributed by atoms with E-state index in [1.807, 2.05) is 20.8 Å². The summed E-state index contributed by atoms with van der Waals surface area (Å²) in [6, 6.07) is 0. The predicted molar refractivity (Wildman–Crippen MR) is 51.1 cm³/mol. The first-order valence-electron chi connectivity index (χ1n) is 4.69. The standard InChI is InChI=1S/C10H20O2/c1-4-7-8-9-10(11-5-2)12-6-3/h4,7,10H,5-6,8-9H2,1-3H3/b7-4+. The van der Waals surface area contributed by atoms with Crippen molar-refractivity contribution >= 4 is 0 Å². The van der Waals surface area contributed by atoms with Crippen molar-refractivity contribution < 1.29 is 9.47 Å². The molecule has 72 valence electrons. The molecule has 2 nitrogen and oxygen atoms in total. The third-order valence-corrected chi connectivity index (χ3v) is 1.51. The van der Waals surface area contributed by atoms with Crippen molar-refractivity contribution in [2.45, 2.75) is 39.9 Å². The summed E-state index contributed by atoms with van der Waals surface area (Å²) in [5.41, 5.74) is 0. The van der Waals surface area contributed by atoms with Gasteiger partial charge in [0.05, 0.1) is 0 Å². The Morgan fingerprint density at radius 3 is 2.17 bits per heavy atom. The minimum absolute atomic E-state index is 0.0174. The topological polar surface area (TPSA) is 18.5 Å². The van der Waals surface area contributed by atoms with Crippen molar-refractivity contribution in [2.75, 3.05) is 13.2 Å². The summed E-state index contributed by atoms with van der Waals surface area (Å²) >= 11 is 0. The number of ether oxygens (including phenoxy) is 2. The SMILES string of the molecule is C/C=C/CCC(OCC)OCC. The summed E-state index contributed by atoms with van der Waals surface area (Å²) in [6.07, 6.45) is 6.14. The molecule has 0 amide bonds. The Labute approximate surface area is 75.6 Å². The number of rotatable bonds is 7. The zero-order chi connectivity index (χ0) is 9.23. The lowest BCUT2D eigenvalue weighted by Gasteiger charge is -2.15. The molecule has 0 aromatic heterocycles. The molecule has 0 radical (unpaired) electrons. The average Bonchev–Trinajstić information content (AvgIpc) is 2.06. The molecule has 0 unspecified atom stereocenters. The van der Waals surface area contributed by atoms with E-state index >= 15 is 0 Å². The summed E-state index contributed by atoms with van der Waals surface area (Å²) in [5.74, 6) is 0. The fourth-order valence-electron chi connectivity index (χ4n) is 0.986. The maximum Gasteiger partial charge on any atom is 0.157 e. The van der Waals surface area contributed by atoms with Gasteiger partial charge in [0, 0.05) is 19.6 Å². The van der Waals surface area contributed by atoms with Crippen LogP contribution >= 0.6 is 0 Å². The van der Waals surface area contributed by atoms with Crippen molar-refractivity contribution in [3.05, 3.63) is 12.2 Å². The molecule has 0 heterocycles. The van der Waals surface area contributed by atoms with Crippen LogP contribution in [0.15, 0.2) is 12.2 Å². The van der Waals surface area contributed by atoms with Crippen LogP contribution in [-0.4, -0.2) is 19.5 Å². The van der Waals surface area contributed by atoms with Crippen molar-refractivity contribution in [3.8, 4) is 0 Å². The Morgan fingerprint density at radius 1 is 1.17 bits per heavy atom. The first kappa shape index (κ1) is 11.7. The number of hydrogen-bond donors (Lipinski definition) is 0. The smallest absolute Gasteiger partial charge is 0.157 e. The molecule has 0 bridgehead atoms. The van der Waals surface area contributed by atoms with Gasteiger partial charge in [-0.2, -0.15) is 0 Å². The molecule has 12 heavy (non-hydrogen) atoms. The third kappa shape index (κ3) is 6.38. The fraction of sp³-hybridized carbons (Fsp3) is 0.800. The van der Waals surface area contributed by atoms with Gasteiger partial charge in [0.1, 0.15) is 0 Å². The molecular weight excluding hydrogens is 152 g/mol. The Hall–Kier alpha value is -0.340. The van der Waals surface area contributed by atoms with Crippen LogP contribution in [-0.2, 0) is 9.47 Å². The molecule has 0 aliphatic heterocycles. The fourth-order valence-corrected chi connectivity index (χ4v) is 0.986. The molecular formula is C10H20O2. The third-order valence-electron chi connectivity index (χ3n) is 1.51. The Kier molecular flexibility index (Phi) is 8.51. The Bertz CT molecular complexity index is 104. The summed E-state index contributed by atoms with van der Waals surface area (Å²) < 4.78 is 10.7. The number of hydrogen-bond acceptors (Lipinski definition) is 2. The van der Waals surface area contributed by atoms with Crippen LogP contribution in [0, 0.1) is 0 Å². The van der Waals surface area contributed by atoms with Gasteiger partial charge in [0.25, 0.3) is 0 Å². The minimum atomic E-state index is -0.0174. The molecule has 0 N–H and O–H groups in total. The van der Waals surface area contributed by atoms with E-state index in [9.17, 15) is 0 Å². The number of allylic oxidation sites excluding steroid dienone is 2. The minimum Gasteiger partial charge on any atom is -0.353 e. The zero-order valence-electron chi connectivity index (χ0n) is 8.38. The van der Waals surface area contributed by atoms with Gasteiger partial charge in [0.2, 0.25) is 0 Å². The van der Waals surface area contributed by atoms with Gasteiger partial charge in [-0.3, -0.25) is 0 Å². The van der Waals surface area contributed by atoms with Crippen LogP contribution in [0.2, 0.25) is 0 Å². The Balaban J connectivity index is 3.47. The molecule has 0 aliphatic rings. The maximum absolute atomic E-state index is 5.37. The Morgan fingerprint density at radius 2 is 1.75 bits per heavy atom. The van der Waals surface area contributed by atoms with Gasteiger partial charge in [-0.1, -0.05) is 12.2 Å². The summed E-state index contributed by atoms with van der Waals surface area (Å²) in [7, 11) is 0. The van der Waals surface area contributed by atoms with E-state index in [1.54, 1.807) is 0 Å². The van der Waals surface area contributed by atoms with Crippen LogP contribution in [0.3, 0.4) is 0 Å². The van der Waals surface area contributed by atoms with E-state index in [0.29, 0.717) is 0 Å². The zero-order valence-corrected chi connectivity index (χ0v) is 8.38. The highest BCUT2D eigenvalue weighted by atomic mass is 16.7. The van der Waals surface area contributed by atoms with Crippen molar-refractivity contribution in [3.63, 3.8) is 0 Å². The van der Waals surface area contributed by atoms with Gasteiger partial charge in [0.15, 0.2) is 6.29 Å². The largest absolute Gasteiger partial charge is 0.353 e. The summed E-state index contributed by atoms with van der Waals surface area (Å²) in [4.78, 5) is 0. The molecule has 0 aromatic rings. The second kappa shape index (κ2) is 8.75. The molecule has 0 rings (SSSR count). The summed E-state index contributed by atoms with van der Waals surface area (Å²) in [6.45, 7) is 7.45. The van der Waals surface area contributed by atoms with Gasteiger partial charge >= 0.3 is 0 Å². The normalized spacial score (nSPS) is 11.7. The molecule has 0 spiro atoms. The lowest BCUT2D eigenvalue weighted by molar-refractivity contribution is -0.138. The molecule has 0 fully saturated rings. The van der Waals surface area contributed by atoms with Gasteiger partial charge in [-0.25, -0.2) is 0 Å². The molecule has 2 heteroatoms. The van der Waals surface area contributed by atoms with Crippen LogP contribution in [0.1, 0.15) is 33.6 Å². The van der Waals surface area contributed by atoms with Crippen molar-refractivity contribution in [2.24, 2.45) is 0 Å². The molecule has 0 atom stereocenters. The second-order valence-electron chi connectivity index (χ2n) is 2.49. The maximum atomic E-state index is 5.37. The van der Waals surface area contributed by atoms with Gasteiger partial charge < -0.3 is 9.47 Å². The highest BCUT2D eigenvalue weighted by Crippen LogP contribution is 2.04. The van der Waals surface area contributed by atoms with E-state index in [0.717, 1.165) is 26.1 Å². The van der Waals surface area contributed by atoms with E-state index in [2.05, 4.69) is 12.2 Å². The lowest BCUT2D eigenvalue weighted by atomic mass is 10.3. The first-order valence-corrected chi connectivity index (χ1v) is 4.69. The molecule has 0 saturated heterocycles. The van der Waals surface area contributed by atoms with E-state index < -0.39 is 0 Å². The quantitative estimate of drug-likeness (QED) is 0.434. The summed E-state index contributed by atoms with van der Waals surface area (Å²) in [5, 5.41) is 0. The lowest BCUT2D eigenvalue weighted by Crippen LogP contribution is -2.16. The van der Waals surface area contributed by atoms with E-state index in [4.69, 9.17) is 9.47 Å². The van der Waals surface area contributed by atoms with Gasteiger partial charge in [-0.05, 0) is 27.2 Å². The molecule has 0 aliphatic carbocycles. The van der Waals surface area contributed by atoms with Crippen molar-refractivity contribution in [1.82, 2.24) is 0 Å². The predicted octanol–water partition coefficient (Wildman–Crippen LogP) is 2.74. The molecule has 0 aromatic carbocycles. The molecule has 0 saturated carbocycles. The van der Waals surface area contributed by atoms with Crippen LogP contribution in [0.25, 0.3) is 0 Å². The average molecular weight is 172 g/mol. The first-order chi connectivity index (χ1) is 5.85. The second-order valence-corrected chi connectivity index (χ2v) is 2.49. The van der Waals surface area contributed by atoms with Gasteiger partial charge in [-0.15, -0.1) is 0 Å². The highest BCUT2D eigenvalue weighted by molar-refractivity contribution is 4.76. The van der Waals surface area contributed by atoms with Crippen LogP contribution < -0.4 is 0 Å².